The number of hydrogen-bond donors (Lipinski definition) is 1. The van der Waals surface area contributed by atoms with E-state index in [0.717, 1.165) is 5.76 Å². The first-order valence-corrected chi connectivity index (χ1v) is 5.88. The van der Waals surface area contributed by atoms with Crippen LogP contribution in [-0.2, 0) is 0 Å². The summed E-state index contributed by atoms with van der Waals surface area (Å²) in [6.07, 6.45) is 3.08. The summed E-state index contributed by atoms with van der Waals surface area (Å²) >= 11 is 0. The molecule has 0 unspecified atom stereocenters. The van der Waals surface area contributed by atoms with Crippen molar-refractivity contribution in [2.45, 2.75) is 34.6 Å². The van der Waals surface area contributed by atoms with E-state index in [1.807, 2.05) is 40.7 Å². The Morgan fingerprint density at radius 3 is 1.71 bits per heavy atom. The average Bonchev–Trinajstić information content (AvgIpc) is 2.87. The number of nitrogens with zero attached hydrogens (tertiary/aromatic N) is 1. The van der Waals surface area contributed by atoms with Crippen molar-refractivity contribution in [1.29, 1.82) is 0 Å². The fraction of sp³-hybridized carbons (Fsp3) is 0.357. The third kappa shape index (κ3) is 12.2. The molecule has 0 spiro atoms. The minimum atomic E-state index is 0.322. The first kappa shape index (κ1) is 17.6. The molecular weight excluding hydrogens is 214 g/mol. The smallest absolute Gasteiger partial charge is 0.180 e. The number of aryl methyl sites for hydroxylation is 1. The highest BCUT2D eigenvalue weighted by molar-refractivity contribution is 5.18. The molecule has 0 aliphatic carbocycles. The zero-order chi connectivity index (χ0) is 13.5. The Labute approximate surface area is 104 Å². The SMILES string of the molecule is CC.CC.Cc1cnco1.Oc1ccccc1. The maximum Gasteiger partial charge on any atom is 0.180 e. The normalized spacial score (nSPS) is 7.35. The van der Waals surface area contributed by atoms with Crippen LogP contribution >= 0.6 is 0 Å². The fourth-order valence-electron chi connectivity index (χ4n) is 0.707. The molecule has 0 amide bonds. The van der Waals surface area contributed by atoms with E-state index in [2.05, 4.69) is 4.98 Å². The van der Waals surface area contributed by atoms with Gasteiger partial charge in [0, 0.05) is 0 Å². The molecule has 0 aliphatic heterocycles. The van der Waals surface area contributed by atoms with Gasteiger partial charge in [-0.1, -0.05) is 45.9 Å². The Bertz CT molecular complexity index is 317. The lowest BCUT2D eigenvalue weighted by Crippen LogP contribution is -1.56. The van der Waals surface area contributed by atoms with Crippen LogP contribution in [0.4, 0.5) is 0 Å². The van der Waals surface area contributed by atoms with E-state index >= 15 is 0 Å². The number of benzene rings is 1. The maximum absolute atomic E-state index is 8.63. The molecule has 1 aromatic carbocycles. The van der Waals surface area contributed by atoms with Crippen molar-refractivity contribution in [3.63, 3.8) is 0 Å². The van der Waals surface area contributed by atoms with Crippen LogP contribution in [0.5, 0.6) is 5.75 Å². The molecule has 2 rings (SSSR count). The highest BCUT2D eigenvalue weighted by atomic mass is 16.3. The molecule has 3 nitrogen and oxygen atoms in total. The monoisotopic (exact) mass is 237 g/mol. The quantitative estimate of drug-likeness (QED) is 0.737. The van der Waals surface area contributed by atoms with Crippen LogP contribution in [0.25, 0.3) is 0 Å². The number of phenolic OH excluding ortho intramolecular Hbond substituents is 1. The van der Waals surface area contributed by atoms with Crippen LogP contribution in [0.2, 0.25) is 0 Å². The van der Waals surface area contributed by atoms with Gasteiger partial charge in [0.2, 0.25) is 0 Å². The molecule has 0 atom stereocenters. The van der Waals surface area contributed by atoms with Gasteiger partial charge < -0.3 is 9.52 Å². The predicted molar refractivity (Wildman–Crippen MR) is 72.0 cm³/mol. The first-order valence-electron chi connectivity index (χ1n) is 5.88. The summed E-state index contributed by atoms with van der Waals surface area (Å²) in [6.45, 7) is 9.85. The molecule has 2 aromatic rings. The van der Waals surface area contributed by atoms with E-state index in [9.17, 15) is 0 Å². The van der Waals surface area contributed by atoms with Gasteiger partial charge in [0.15, 0.2) is 6.39 Å². The molecule has 1 N–H and O–H groups in total. The fourth-order valence-corrected chi connectivity index (χ4v) is 0.707. The predicted octanol–water partition coefficient (Wildman–Crippen LogP) is 4.43. The first-order chi connectivity index (χ1) is 8.29. The number of aromatic hydroxyl groups is 1. The maximum atomic E-state index is 8.63. The standard InChI is InChI=1S/C6H6O.C4H5NO.2C2H6/c7-6-4-2-1-3-5-6;1-4-2-5-3-6-4;2*1-2/h1-5,7H;2-3H,1H3;2*1-2H3. The molecule has 0 bridgehead atoms. The summed E-state index contributed by atoms with van der Waals surface area (Å²) in [7, 11) is 0. The molecule has 0 fully saturated rings. The minimum absolute atomic E-state index is 0.322. The van der Waals surface area contributed by atoms with Gasteiger partial charge in [-0.25, -0.2) is 4.98 Å². The Morgan fingerprint density at radius 1 is 1.00 bits per heavy atom. The van der Waals surface area contributed by atoms with Gasteiger partial charge in [-0.15, -0.1) is 0 Å². The lowest BCUT2D eigenvalue weighted by Gasteiger charge is -1.82. The molecule has 0 saturated heterocycles. The summed E-state index contributed by atoms with van der Waals surface area (Å²) < 4.78 is 4.72. The topological polar surface area (TPSA) is 46.3 Å². The largest absolute Gasteiger partial charge is 0.508 e. The van der Waals surface area contributed by atoms with Gasteiger partial charge in [0.1, 0.15) is 11.5 Å². The van der Waals surface area contributed by atoms with Crippen molar-refractivity contribution in [2.75, 3.05) is 0 Å². The van der Waals surface area contributed by atoms with Gasteiger partial charge in [-0.3, -0.25) is 0 Å². The number of phenols is 1. The van der Waals surface area contributed by atoms with Gasteiger partial charge in [-0.05, 0) is 19.1 Å². The molecule has 96 valence electrons. The zero-order valence-electron chi connectivity index (χ0n) is 11.3. The van der Waals surface area contributed by atoms with Crippen molar-refractivity contribution in [3.05, 3.63) is 48.7 Å². The van der Waals surface area contributed by atoms with Gasteiger partial charge in [-0.2, -0.15) is 0 Å². The van der Waals surface area contributed by atoms with E-state index in [0.29, 0.717) is 5.75 Å². The lowest BCUT2D eigenvalue weighted by atomic mass is 10.3. The summed E-state index contributed by atoms with van der Waals surface area (Å²) in [5.41, 5.74) is 0. The van der Waals surface area contributed by atoms with Crippen molar-refractivity contribution in [1.82, 2.24) is 4.98 Å². The number of aromatic nitrogens is 1. The molecule has 0 aliphatic rings. The third-order valence-electron chi connectivity index (χ3n) is 1.31. The van der Waals surface area contributed by atoms with Gasteiger partial charge >= 0.3 is 0 Å². The van der Waals surface area contributed by atoms with Gasteiger partial charge in [0.05, 0.1) is 6.20 Å². The Hall–Kier alpha value is -1.77. The molecule has 1 heterocycles. The summed E-state index contributed by atoms with van der Waals surface area (Å²) in [4.78, 5) is 3.66. The molecule has 0 radical (unpaired) electrons. The number of oxazole rings is 1. The number of para-hydroxylation sites is 1. The highest BCUT2D eigenvalue weighted by Crippen LogP contribution is 2.02. The van der Waals surface area contributed by atoms with Crippen LogP contribution < -0.4 is 0 Å². The van der Waals surface area contributed by atoms with Crippen LogP contribution in [0.3, 0.4) is 0 Å². The summed E-state index contributed by atoms with van der Waals surface area (Å²) in [5.74, 6) is 1.18. The number of rotatable bonds is 0. The lowest BCUT2D eigenvalue weighted by molar-refractivity contribution is 0.475. The van der Waals surface area contributed by atoms with Crippen LogP contribution in [0, 0.1) is 6.92 Å². The van der Waals surface area contributed by atoms with Crippen molar-refractivity contribution < 1.29 is 9.52 Å². The Morgan fingerprint density at radius 2 is 1.53 bits per heavy atom. The number of hydrogen-bond acceptors (Lipinski definition) is 3. The average molecular weight is 237 g/mol. The van der Waals surface area contributed by atoms with E-state index in [1.165, 1.54) is 6.39 Å². The Kier molecular flexibility index (Phi) is 14.7. The second kappa shape index (κ2) is 14.2. The molecule has 17 heavy (non-hydrogen) atoms. The molecule has 1 aromatic heterocycles. The van der Waals surface area contributed by atoms with Crippen molar-refractivity contribution in [3.8, 4) is 5.75 Å². The van der Waals surface area contributed by atoms with E-state index in [4.69, 9.17) is 9.52 Å². The van der Waals surface area contributed by atoms with E-state index < -0.39 is 0 Å². The van der Waals surface area contributed by atoms with Crippen molar-refractivity contribution in [2.24, 2.45) is 0 Å². The zero-order valence-corrected chi connectivity index (χ0v) is 11.3. The molecule has 0 saturated carbocycles. The van der Waals surface area contributed by atoms with E-state index in [-0.39, 0.29) is 0 Å². The summed E-state index contributed by atoms with van der Waals surface area (Å²) in [5, 5.41) is 8.63. The highest BCUT2D eigenvalue weighted by Gasteiger charge is 1.77. The third-order valence-corrected chi connectivity index (χ3v) is 1.31. The Balaban J connectivity index is 0. The van der Waals surface area contributed by atoms with E-state index in [1.54, 1.807) is 30.5 Å². The minimum Gasteiger partial charge on any atom is -0.508 e. The van der Waals surface area contributed by atoms with Crippen LogP contribution in [-0.4, -0.2) is 10.1 Å². The van der Waals surface area contributed by atoms with Gasteiger partial charge in [0.25, 0.3) is 0 Å². The molecule has 3 heteroatoms. The van der Waals surface area contributed by atoms with Crippen LogP contribution in [0.15, 0.2) is 47.3 Å². The second-order valence-electron chi connectivity index (χ2n) is 2.45. The molecular formula is C14H23NO2. The van der Waals surface area contributed by atoms with Crippen LogP contribution in [0.1, 0.15) is 33.5 Å². The summed E-state index contributed by atoms with van der Waals surface area (Å²) in [6, 6.07) is 8.71. The van der Waals surface area contributed by atoms with Crippen molar-refractivity contribution >= 4 is 0 Å². The second-order valence-corrected chi connectivity index (χ2v) is 2.45.